The van der Waals surface area contributed by atoms with E-state index in [1.807, 2.05) is 0 Å². The van der Waals surface area contributed by atoms with Crippen LogP contribution < -0.4 is 0 Å². The molecule has 0 aromatic heterocycles. The largest absolute Gasteiger partial charge is 0.396 e. The van der Waals surface area contributed by atoms with E-state index in [9.17, 15) is 5.11 Å². The van der Waals surface area contributed by atoms with Gasteiger partial charge in [-0.15, -0.1) is 0 Å². The van der Waals surface area contributed by atoms with Crippen LogP contribution in [0, 0.1) is 0 Å². The summed E-state index contributed by atoms with van der Waals surface area (Å²) in [7, 11) is 0. The summed E-state index contributed by atoms with van der Waals surface area (Å²) in [6, 6.07) is 0. The molecule has 0 aliphatic heterocycles. The predicted molar refractivity (Wildman–Crippen MR) is 61.1 cm³/mol. The Morgan fingerprint density at radius 2 is 1.75 bits per heavy atom. The van der Waals surface area contributed by atoms with Crippen molar-refractivity contribution in [2.75, 3.05) is 6.61 Å². The summed E-state index contributed by atoms with van der Waals surface area (Å²) >= 11 is 9.52. The molecule has 0 aromatic rings. The van der Waals surface area contributed by atoms with Crippen molar-refractivity contribution in [2.45, 2.75) is 33.9 Å². The van der Waals surface area contributed by atoms with Crippen LogP contribution in [0.15, 0.2) is 0 Å². The number of aliphatic hydroxyl groups excluding tert-OH is 1. The monoisotopic (exact) mass is 366 g/mol. The van der Waals surface area contributed by atoms with Gasteiger partial charge in [-0.25, -0.2) is 0 Å². The lowest BCUT2D eigenvalue weighted by Crippen LogP contribution is -2.23. The fourth-order valence-electron chi connectivity index (χ4n) is 0.786. The van der Waals surface area contributed by atoms with Crippen molar-refractivity contribution in [3.63, 3.8) is 0 Å². The summed E-state index contributed by atoms with van der Waals surface area (Å²) in [5, 5.41) is 17.9. The minimum Gasteiger partial charge on any atom is -0.396 e. The average molecular weight is 369 g/mol. The van der Waals surface area contributed by atoms with Crippen LogP contribution in [0.25, 0.3) is 0 Å². The van der Waals surface area contributed by atoms with Crippen LogP contribution in [0.1, 0.15) is 25.7 Å². The SMILES string of the molecule is OCCCCCC(Br)C(O)(Br)Br. The van der Waals surface area contributed by atoms with Crippen LogP contribution in [-0.4, -0.2) is 25.1 Å². The zero-order chi connectivity index (χ0) is 9.61. The molecule has 5 heteroatoms. The average Bonchev–Trinajstić information content (AvgIpc) is 1.96. The minimum absolute atomic E-state index is 0.0105. The molecule has 74 valence electrons. The zero-order valence-electron chi connectivity index (χ0n) is 6.64. The van der Waals surface area contributed by atoms with Gasteiger partial charge in [0, 0.05) is 6.61 Å². The van der Waals surface area contributed by atoms with E-state index in [2.05, 4.69) is 47.8 Å². The van der Waals surface area contributed by atoms with E-state index in [1.54, 1.807) is 0 Å². The predicted octanol–water partition coefficient (Wildman–Crippen LogP) is 2.74. The summed E-state index contributed by atoms with van der Waals surface area (Å²) in [5.41, 5.74) is 0. The highest BCUT2D eigenvalue weighted by Gasteiger charge is 2.27. The zero-order valence-corrected chi connectivity index (χ0v) is 11.4. The van der Waals surface area contributed by atoms with Gasteiger partial charge in [-0.2, -0.15) is 0 Å². The Labute approximate surface area is 98.1 Å². The highest BCUT2D eigenvalue weighted by atomic mass is 79.9. The second kappa shape index (κ2) is 6.76. The smallest absolute Gasteiger partial charge is 0.187 e. The maximum absolute atomic E-state index is 9.38. The van der Waals surface area contributed by atoms with Crippen LogP contribution in [0.2, 0.25) is 0 Å². The van der Waals surface area contributed by atoms with Gasteiger partial charge in [0.1, 0.15) is 0 Å². The molecule has 0 spiro atoms. The number of hydrogen-bond donors (Lipinski definition) is 2. The molecule has 1 atom stereocenters. The van der Waals surface area contributed by atoms with Crippen molar-refractivity contribution in [3.8, 4) is 0 Å². The topological polar surface area (TPSA) is 40.5 Å². The Morgan fingerprint density at radius 3 is 2.17 bits per heavy atom. The Morgan fingerprint density at radius 1 is 1.17 bits per heavy atom. The third-order valence-corrected chi connectivity index (χ3v) is 4.95. The molecule has 0 amide bonds. The van der Waals surface area contributed by atoms with Crippen LogP contribution in [0.4, 0.5) is 0 Å². The van der Waals surface area contributed by atoms with E-state index in [-0.39, 0.29) is 11.4 Å². The van der Waals surface area contributed by atoms with Gasteiger partial charge < -0.3 is 10.2 Å². The van der Waals surface area contributed by atoms with E-state index in [0.717, 1.165) is 25.7 Å². The Bertz CT molecular complexity index is 114. The number of hydrogen-bond acceptors (Lipinski definition) is 2. The van der Waals surface area contributed by atoms with Crippen LogP contribution in [0.5, 0.6) is 0 Å². The highest BCUT2D eigenvalue weighted by molar-refractivity contribution is 9.26. The molecule has 0 aliphatic carbocycles. The minimum atomic E-state index is -1.01. The second-order valence-corrected chi connectivity index (χ2v) is 7.22. The molecule has 1 unspecified atom stereocenters. The molecule has 0 saturated carbocycles. The van der Waals surface area contributed by atoms with Gasteiger partial charge in [-0.3, -0.25) is 0 Å². The molecular weight excluding hydrogens is 356 g/mol. The maximum atomic E-state index is 9.38. The number of alkyl halides is 3. The molecule has 2 nitrogen and oxygen atoms in total. The van der Waals surface area contributed by atoms with Crippen LogP contribution in [0.3, 0.4) is 0 Å². The Balaban J connectivity index is 3.38. The van der Waals surface area contributed by atoms with E-state index in [4.69, 9.17) is 5.11 Å². The van der Waals surface area contributed by atoms with E-state index in [1.165, 1.54) is 0 Å². The molecule has 0 aliphatic rings. The highest BCUT2D eigenvalue weighted by Crippen LogP contribution is 2.34. The molecule has 0 heterocycles. The Kier molecular flexibility index (Phi) is 7.53. The van der Waals surface area contributed by atoms with Crippen molar-refractivity contribution in [1.82, 2.24) is 0 Å². The summed E-state index contributed by atoms with van der Waals surface area (Å²) < 4.78 is -1.01. The van der Waals surface area contributed by atoms with Crippen molar-refractivity contribution < 1.29 is 10.2 Å². The van der Waals surface area contributed by atoms with Crippen molar-refractivity contribution >= 4 is 47.8 Å². The standard InChI is InChI=1S/C7H13Br3O2/c8-6(7(9,10)12)4-2-1-3-5-11/h6,11-12H,1-5H2. The number of unbranched alkanes of at least 4 members (excludes halogenated alkanes) is 2. The first kappa shape index (κ1) is 13.4. The lowest BCUT2D eigenvalue weighted by atomic mass is 10.1. The lowest BCUT2D eigenvalue weighted by Gasteiger charge is -2.19. The van der Waals surface area contributed by atoms with Gasteiger partial charge in [-0.05, 0) is 44.7 Å². The maximum Gasteiger partial charge on any atom is 0.187 e. The van der Waals surface area contributed by atoms with E-state index >= 15 is 0 Å². The lowest BCUT2D eigenvalue weighted by molar-refractivity contribution is 0.235. The van der Waals surface area contributed by atoms with Gasteiger partial charge in [0.15, 0.2) is 3.42 Å². The summed E-state index contributed by atoms with van der Waals surface area (Å²) in [6.07, 6.45) is 3.69. The molecular formula is C7H13Br3O2. The first-order valence-corrected chi connectivity index (χ1v) is 6.33. The third kappa shape index (κ3) is 6.83. The number of halogens is 3. The van der Waals surface area contributed by atoms with Gasteiger partial charge in [-0.1, -0.05) is 28.8 Å². The Hall–Kier alpha value is 1.36. The van der Waals surface area contributed by atoms with Crippen LogP contribution in [-0.2, 0) is 0 Å². The molecule has 12 heavy (non-hydrogen) atoms. The van der Waals surface area contributed by atoms with Crippen molar-refractivity contribution in [2.24, 2.45) is 0 Å². The fourth-order valence-corrected chi connectivity index (χ4v) is 1.57. The number of aliphatic hydroxyl groups is 2. The molecule has 0 fully saturated rings. The second-order valence-electron chi connectivity index (χ2n) is 2.63. The molecule has 0 bridgehead atoms. The molecule has 0 rings (SSSR count). The third-order valence-electron chi connectivity index (χ3n) is 1.49. The fraction of sp³-hybridized carbons (Fsp3) is 1.00. The normalized spacial score (nSPS) is 14.8. The van der Waals surface area contributed by atoms with Crippen LogP contribution >= 0.6 is 47.8 Å². The van der Waals surface area contributed by atoms with E-state index in [0.29, 0.717) is 0 Å². The van der Waals surface area contributed by atoms with Crippen molar-refractivity contribution in [3.05, 3.63) is 0 Å². The molecule has 0 aromatic carbocycles. The van der Waals surface area contributed by atoms with Gasteiger partial charge in [0.05, 0.1) is 4.83 Å². The first-order valence-electron chi connectivity index (χ1n) is 3.83. The molecule has 0 radical (unpaired) electrons. The quantitative estimate of drug-likeness (QED) is 0.559. The van der Waals surface area contributed by atoms with Crippen molar-refractivity contribution in [1.29, 1.82) is 0 Å². The molecule has 0 saturated heterocycles. The summed E-state index contributed by atoms with van der Waals surface area (Å²) in [6.45, 7) is 0.250. The summed E-state index contributed by atoms with van der Waals surface area (Å²) in [4.78, 5) is -0.0105. The van der Waals surface area contributed by atoms with Gasteiger partial charge >= 0.3 is 0 Å². The van der Waals surface area contributed by atoms with Gasteiger partial charge in [0.25, 0.3) is 0 Å². The molecule has 2 N–H and O–H groups in total. The number of rotatable bonds is 6. The van der Waals surface area contributed by atoms with E-state index < -0.39 is 3.42 Å². The summed E-state index contributed by atoms with van der Waals surface area (Å²) in [5.74, 6) is 0. The van der Waals surface area contributed by atoms with Gasteiger partial charge in [0.2, 0.25) is 0 Å². The first-order chi connectivity index (χ1) is 5.48.